The Bertz CT molecular complexity index is 390. The molecule has 0 fully saturated rings. The van der Waals surface area contributed by atoms with Crippen LogP contribution in [0.1, 0.15) is 18.9 Å². The van der Waals surface area contributed by atoms with E-state index in [0.717, 1.165) is 5.56 Å². The maximum Gasteiger partial charge on any atom is 0.151 e. The van der Waals surface area contributed by atoms with Crippen LogP contribution in [-0.2, 0) is 16.4 Å². The molecule has 90 valence electrons. The fraction of sp³-hybridized carbons (Fsp3) is 0.545. The van der Waals surface area contributed by atoms with Crippen LogP contribution < -0.4 is 5.32 Å². The van der Waals surface area contributed by atoms with E-state index in [1.54, 1.807) is 12.4 Å². The number of pyridine rings is 1. The van der Waals surface area contributed by atoms with Gasteiger partial charge in [-0.25, -0.2) is 8.42 Å². The zero-order chi connectivity index (χ0) is 11.9. The molecule has 0 amide bonds. The minimum absolute atomic E-state index is 0.209. The Morgan fingerprint density at radius 2 is 2.19 bits per heavy atom. The highest BCUT2D eigenvalue weighted by atomic mass is 32.2. The van der Waals surface area contributed by atoms with Gasteiger partial charge in [-0.1, -0.05) is 13.0 Å². The van der Waals surface area contributed by atoms with Crippen molar-refractivity contribution in [1.29, 1.82) is 0 Å². The summed E-state index contributed by atoms with van der Waals surface area (Å²) in [5.74, 6) is 0.489. The van der Waals surface area contributed by atoms with E-state index in [4.69, 9.17) is 0 Å². The third-order valence-corrected chi connectivity index (χ3v) is 4.01. The number of sulfone groups is 1. The van der Waals surface area contributed by atoms with E-state index in [9.17, 15) is 8.42 Å². The molecule has 1 aromatic rings. The fourth-order valence-corrected chi connectivity index (χ4v) is 2.66. The molecule has 0 atom stereocenters. The molecule has 1 heterocycles. The molecule has 0 radical (unpaired) electrons. The Labute approximate surface area is 97.0 Å². The lowest BCUT2D eigenvalue weighted by molar-refractivity contribution is 0.589. The average Bonchev–Trinajstić information content (AvgIpc) is 2.26. The molecule has 0 aliphatic rings. The SMILES string of the molecule is CCCS(=O)(=O)CCNCc1cccnc1. The smallest absolute Gasteiger partial charge is 0.151 e. The summed E-state index contributed by atoms with van der Waals surface area (Å²) in [6, 6.07) is 3.82. The number of nitrogens with zero attached hydrogens (tertiary/aromatic N) is 1. The molecule has 0 spiro atoms. The lowest BCUT2D eigenvalue weighted by Gasteiger charge is -2.05. The molecule has 0 aromatic carbocycles. The summed E-state index contributed by atoms with van der Waals surface area (Å²) in [6.45, 7) is 3.04. The zero-order valence-corrected chi connectivity index (χ0v) is 10.3. The molecule has 1 rings (SSSR count). The molecule has 5 heteroatoms. The van der Waals surface area contributed by atoms with Crippen LogP contribution in [0.2, 0.25) is 0 Å². The second kappa shape index (κ2) is 6.60. The molecule has 4 nitrogen and oxygen atoms in total. The third kappa shape index (κ3) is 5.23. The van der Waals surface area contributed by atoms with Gasteiger partial charge in [-0.15, -0.1) is 0 Å². The summed E-state index contributed by atoms with van der Waals surface area (Å²) < 4.78 is 22.8. The monoisotopic (exact) mass is 242 g/mol. The van der Waals surface area contributed by atoms with Crippen LogP contribution in [0, 0.1) is 0 Å². The molecule has 0 aliphatic carbocycles. The minimum Gasteiger partial charge on any atom is -0.312 e. The van der Waals surface area contributed by atoms with E-state index < -0.39 is 9.84 Å². The van der Waals surface area contributed by atoms with Gasteiger partial charge in [0.05, 0.1) is 5.75 Å². The van der Waals surface area contributed by atoms with E-state index in [0.29, 0.717) is 19.5 Å². The highest BCUT2D eigenvalue weighted by Crippen LogP contribution is 1.95. The van der Waals surface area contributed by atoms with Crippen molar-refractivity contribution >= 4 is 9.84 Å². The van der Waals surface area contributed by atoms with Crippen molar-refractivity contribution in [2.75, 3.05) is 18.1 Å². The largest absolute Gasteiger partial charge is 0.312 e. The van der Waals surface area contributed by atoms with Crippen molar-refractivity contribution in [1.82, 2.24) is 10.3 Å². The second-order valence-corrected chi connectivity index (χ2v) is 5.99. The molecular formula is C11H18N2O2S. The molecule has 0 unspecified atom stereocenters. The predicted molar refractivity (Wildman–Crippen MR) is 64.9 cm³/mol. The minimum atomic E-state index is -2.86. The van der Waals surface area contributed by atoms with Gasteiger partial charge in [-0.2, -0.15) is 0 Å². The quantitative estimate of drug-likeness (QED) is 0.725. The molecule has 0 saturated heterocycles. The Morgan fingerprint density at radius 3 is 2.81 bits per heavy atom. The van der Waals surface area contributed by atoms with Crippen molar-refractivity contribution in [3.8, 4) is 0 Å². The van der Waals surface area contributed by atoms with Gasteiger partial charge in [0.2, 0.25) is 0 Å². The number of rotatable bonds is 7. The third-order valence-electron chi connectivity index (χ3n) is 2.16. The van der Waals surface area contributed by atoms with Crippen LogP contribution in [-0.4, -0.2) is 31.5 Å². The standard InChI is InChI=1S/C11H18N2O2S/c1-2-7-16(14,15)8-6-13-10-11-4-3-5-12-9-11/h3-5,9,13H,2,6-8,10H2,1H3. The number of hydrogen-bond acceptors (Lipinski definition) is 4. The molecule has 1 aromatic heterocycles. The highest BCUT2D eigenvalue weighted by molar-refractivity contribution is 7.91. The van der Waals surface area contributed by atoms with Crippen LogP contribution in [0.15, 0.2) is 24.5 Å². The predicted octanol–water partition coefficient (Wildman–Crippen LogP) is 0.996. The lowest BCUT2D eigenvalue weighted by Crippen LogP contribution is -2.24. The average molecular weight is 242 g/mol. The van der Waals surface area contributed by atoms with Gasteiger partial charge in [0.25, 0.3) is 0 Å². The Kier molecular flexibility index (Phi) is 5.42. The van der Waals surface area contributed by atoms with Gasteiger partial charge >= 0.3 is 0 Å². The second-order valence-electron chi connectivity index (χ2n) is 3.69. The van der Waals surface area contributed by atoms with Crippen molar-refractivity contribution in [2.24, 2.45) is 0 Å². The van der Waals surface area contributed by atoms with Gasteiger partial charge in [0.15, 0.2) is 9.84 Å². The van der Waals surface area contributed by atoms with Crippen LogP contribution in [0.25, 0.3) is 0 Å². The topological polar surface area (TPSA) is 59.1 Å². The van der Waals surface area contributed by atoms with Gasteiger partial charge in [0, 0.05) is 31.2 Å². The maximum absolute atomic E-state index is 11.4. The first kappa shape index (κ1) is 13.1. The van der Waals surface area contributed by atoms with Crippen molar-refractivity contribution in [2.45, 2.75) is 19.9 Å². The van der Waals surface area contributed by atoms with Crippen molar-refractivity contribution in [3.05, 3.63) is 30.1 Å². The lowest BCUT2D eigenvalue weighted by atomic mass is 10.3. The zero-order valence-electron chi connectivity index (χ0n) is 9.52. The first-order valence-electron chi connectivity index (χ1n) is 5.44. The van der Waals surface area contributed by atoms with E-state index in [2.05, 4.69) is 10.3 Å². The van der Waals surface area contributed by atoms with Crippen LogP contribution in [0.3, 0.4) is 0 Å². The molecule has 0 bridgehead atoms. The van der Waals surface area contributed by atoms with Gasteiger partial charge in [-0.3, -0.25) is 4.98 Å². The van der Waals surface area contributed by atoms with Crippen molar-refractivity contribution in [3.63, 3.8) is 0 Å². The molecule has 0 aliphatic heterocycles. The summed E-state index contributed by atoms with van der Waals surface area (Å²) in [6.07, 6.45) is 4.17. The van der Waals surface area contributed by atoms with E-state index >= 15 is 0 Å². The molecular weight excluding hydrogens is 224 g/mol. The highest BCUT2D eigenvalue weighted by Gasteiger charge is 2.07. The van der Waals surface area contributed by atoms with E-state index in [-0.39, 0.29) is 11.5 Å². The first-order chi connectivity index (χ1) is 7.64. The Balaban J connectivity index is 2.22. The molecule has 16 heavy (non-hydrogen) atoms. The van der Waals surface area contributed by atoms with Gasteiger partial charge < -0.3 is 5.32 Å². The summed E-state index contributed by atoms with van der Waals surface area (Å²) in [4.78, 5) is 3.98. The van der Waals surface area contributed by atoms with E-state index in [1.807, 2.05) is 19.1 Å². The van der Waals surface area contributed by atoms with Gasteiger partial charge in [-0.05, 0) is 18.1 Å². The number of nitrogens with one attached hydrogen (secondary N) is 1. The van der Waals surface area contributed by atoms with Gasteiger partial charge in [0.1, 0.15) is 0 Å². The van der Waals surface area contributed by atoms with E-state index in [1.165, 1.54) is 0 Å². The van der Waals surface area contributed by atoms with Crippen molar-refractivity contribution < 1.29 is 8.42 Å². The fourth-order valence-electron chi connectivity index (χ4n) is 1.38. The number of hydrogen-bond donors (Lipinski definition) is 1. The Hall–Kier alpha value is -0.940. The van der Waals surface area contributed by atoms with Crippen LogP contribution in [0.4, 0.5) is 0 Å². The molecule has 0 saturated carbocycles. The maximum atomic E-state index is 11.4. The number of aromatic nitrogens is 1. The molecule has 1 N–H and O–H groups in total. The summed E-state index contributed by atoms with van der Waals surface area (Å²) in [7, 11) is -2.86. The summed E-state index contributed by atoms with van der Waals surface area (Å²) in [5.41, 5.74) is 1.07. The first-order valence-corrected chi connectivity index (χ1v) is 7.26. The van der Waals surface area contributed by atoms with Crippen LogP contribution in [0.5, 0.6) is 0 Å². The van der Waals surface area contributed by atoms with Crippen LogP contribution >= 0.6 is 0 Å². The normalized spacial score (nSPS) is 11.6. The Morgan fingerprint density at radius 1 is 1.38 bits per heavy atom. The summed E-state index contributed by atoms with van der Waals surface area (Å²) >= 11 is 0. The summed E-state index contributed by atoms with van der Waals surface area (Å²) in [5, 5.41) is 3.10.